The zero-order valence-corrected chi connectivity index (χ0v) is 15.7. The molecule has 0 aliphatic carbocycles. The van der Waals surface area contributed by atoms with E-state index in [1.54, 1.807) is 0 Å². The van der Waals surface area contributed by atoms with Gasteiger partial charge in [-0.25, -0.2) is 8.42 Å². The number of hydrogen-bond donors (Lipinski definition) is 2. The maximum Gasteiger partial charge on any atom is 0.288 e. The molecule has 2 aromatic rings. The Bertz CT molecular complexity index is 981. The molecule has 0 atom stereocenters. The molecule has 0 saturated heterocycles. The van der Waals surface area contributed by atoms with E-state index >= 15 is 0 Å². The third-order valence-corrected chi connectivity index (χ3v) is 5.94. The van der Waals surface area contributed by atoms with Gasteiger partial charge in [0.1, 0.15) is 10.0 Å². The van der Waals surface area contributed by atoms with Crippen LogP contribution in [0.15, 0.2) is 24.3 Å². The maximum atomic E-state index is 12.6. The molecule has 0 radical (unpaired) electrons. The van der Waals surface area contributed by atoms with Crippen LogP contribution in [-0.4, -0.2) is 18.3 Å². The van der Waals surface area contributed by atoms with Gasteiger partial charge < -0.3 is 11.5 Å². The van der Waals surface area contributed by atoms with Crippen LogP contribution in [0.25, 0.3) is 0 Å². The SMILES string of the molecule is Nc1ccc([N+](=O)[O-])c(Cl)c1CS(=O)(=O)Cc1c(N)ccc([N+](=O)[O-])c1Cl. The van der Waals surface area contributed by atoms with Crippen molar-refractivity contribution in [2.45, 2.75) is 11.5 Å². The monoisotopic (exact) mass is 434 g/mol. The van der Waals surface area contributed by atoms with Crippen molar-refractivity contribution in [2.24, 2.45) is 0 Å². The van der Waals surface area contributed by atoms with Crippen LogP contribution in [-0.2, 0) is 21.3 Å². The van der Waals surface area contributed by atoms with Gasteiger partial charge in [-0.15, -0.1) is 0 Å². The fourth-order valence-electron chi connectivity index (χ4n) is 2.31. The zero-order valence-electron chi connectivity index (χ0n) is 13.4. The molecular weight excluding hydrogens is 423 g/mol. The van der Waals surface area contributed by atoms with E-state index in [9.17, 15) is 28.6 Å². The molecule has 0 aliphatic rings. The Morgan fingerprint density at radius 2 is 1.15 bits per heavy atom. The normalized spacial score (nSPS) is 11.3. The largest absolute Gasteiger partial charge is 0.398 e. The first-order valence-corrected chi connectivity index (χ1v) is 9.65. The van der Waals surface area contributed by atoms with Crippen LogP contribution in [0.3, 0.4) is 0 Å². The molecule has 0 unspecified atom stereocenters. The minimum atomic E-state index is -4.04. The van der Waals surface area contributed by atoms with Gasteiger partial charge in [-0.05, 0) is 12.1 Å². The number of nitro benzene ring substituents is 2. The predicted octanol–water partition coefficient (Wildman–Crippen LogP) is 3.09. The summed E-state index contributed by atoms with van der Waals surface area (Å²) in [5.41, 5.74) is 10.0. The Labute approximate surface area is 162 Å². The molecule has 0 bridgehead atoms. The molecule has 27 heavy (non-hydrogen) atoms. The van der Waals surface area contributed by atoms with Gasteiger partial charge >= 0.3 is 0 Å². The molecule has 144 valence electrons. The van der Waals surface area contributed by atoms with Crippen molar-refractivity contribution in [3.63, 3.8) is 0 Å². The van der Waals surface area contributed by atoms with E-state index in [-0.39, 0.29) is 22.5 Å². The number of nitrogens with two attached hydrogens (primary N) is 2. The number of nitrogen functional groups attached to an aromatic ring is 2. The number of nitro groups is 2. The highest BCUT2D eigenvalue weighted by molar-refractivity contribution is 7.89. The Kier molecular flexibility index (Phi) is 5.78. The third kappa shape index (κ3) is 4.38. The van der Waals surface area contributed by atoms with Gasteiger partial charge in [-0.1, -0.05) is 23.2 Å². The van der Waals surface area contributed by atoms with Gasteiger partial charge in [-0.2, -0.15) is 0 Å². The molecule has 0 amide bonds. The fourth-order valence-corrected chi connectivity index (χ4v) is 4.69. The molecule has 2 aromatic carbocycles. The van der Waals surface area contributed by atoms with Crippen molar-refractivity contribution in [2.75, 3.05) is 11.5 Å². The van der Waals surface area contributed by atoms with Crippen molar-refractivity contribution in [1.82, 2.24) is 0 Å². The summed E-state index contributed by atoms with van der Waals surface area (Å²) < 4.78 is 25.1. The highest BCUT2D eigenvalue weighted by Crippen LogP contribution is 2.36. The molecular formula is C14H12Cl2N4O6S. The fraction of sp³-hybridized carbons (Fsp3) is 0.143. The molecule has 0 aromatic heterocycles. The second-order valence-corrected chi connectivity index (χ2v) is 8.30. The summed E-state index contributed by atoms with van der Waals surface area (Å²) in [6, 6.07) is 4.46. The molecule has 0 spiro atoms. The molecule has 2 rings (SSSR count). The predicted molar refractivity (Wildman–Crippen MR) is 101 cm³/mol. The van der Waals surface area contributed by atoms with Crippen molar-refractivity contribution in [3.8, 4) is 0 Å². The summed E-state index contributed by atoms with van der Waals surface area (Å²) in [5.74, 6) is -1.48. The zero-order chi connectivity index (χ0) is 20.5. The topological polar surface area (TPSA) is 172 Å². The Morgan fingerprint density at radius 1 is 0.815 bits per heavy atom. The van der Waals surface area contributed by atoms with E-state index in [4.69, 9.17) is 34.7 Å². The number of sulfone groups is 1. The molecule has 0 saturated carbocycles. The van der Waals surface area contributed by atoms with E-state index in [1.807, 2.05) is 0 Å². The van der Waals surface area contributed by atoms with Crippen molar-refractivity contribution >= 4 is 55.8 Å². The van der Waals surface area contributed by atoms with Crippen LogP contribution in [0.5, 0.6) is 0 Å². The quantitative estimate of drug-likeness (QED) is 0.396. The lowest BCUT2D eigenvalue weighted by Crippen LogP contribution is -2.12. The highest BCUT2D eigenvalue weighted by Gasteiger charge is 2.26. The number of halogens is 2. The molecule has 10 nitrogen and oxygen atoms in total. The Hall–Kier alpha value is -2.63. The summed E-state index contributed by atoms with van der Waals surface area (Å²) in [6.07, 6.45) is 0. The Balaban J connectivity index is 2.46. The van der Waals surface area contributed by atoms with Gasteiger partial charge in [0, 0.05) is 34.6 Å². The maximum absolute atomic E-state index is 12.6. The van der Waals surface area contributed by atoms with Gasteiger partial charge in [0.05, 0.1) is 21.4 Å². The standard InChI is InChI=1S/C14H12Cl2N4O6S/c15-13-7(9(17)1-3-11(13)19(21)22)5-27(25,26)6-8-10(18)2-4-12(14(8)16)20(23)24/h1-4H,5-6,17-18H2. The van der Waals surface area contributed by atoms with Gasteiger partial charge in [0.25, 0.3) is 11.4 Å². The minimum absolute atomic E-state index is 0.0488. The lowest BCUT2D eigenvalue weighted by Gasteiger charge is -2.12. The Morgan fingerprint density at radius 3 is 1.44 bits per heavy atom. The summed E-state index contributed by atoms with van der Waals surface area (Å²) in [4.78, 5) is 20.4. The number of rotatable bonds is 6. The van der Waals surface area contributed by atoms with Gasteiger partial charge in [-0.3, -0.25) is 20.2 Å². The van der Waals surface area contributed by atoms with Crippen LogP contribution in [0, 0.1) is 20.2 Å². The second kappa shape index (κ2) is 7.55. The molecule has 0 heterocycles. The third-order valence-electron chi connectivity index (χ3n) is 3.64. The van der Waals surface area contributed by atoms with Crippen molar-refractivity contribution in [3.05, 3.63) is 65.7 Å². The number of nitrogens with zero attached hydrogens (tertiary/aromatic N) is 2. The van der Waals surface area contributed by atoms with Crippen LogP contribution < -0.4 is 11.5 Å². The summed E-state index contributed by atoms with van der Waals surface area (Å²) >= 11 is 11.8. The van der Waals surface area contributed by atoms with E-state index < -0.39 is 52.6 Å². The highest BCUT2D eigenvalue weighted by atomic mass is 35.5. The summed E-state index contributed by atoms with van der Waals surface area (Å²) in [5, 5.41) is 21.1. The number of benzene rings is 2. The second-order valence-electron chi connectivity index (χ2n) is 5.48. The first-order chi connectivity index (χ1) is 12.4. The molecule has 0 fully saturated rings. The number of hydrogen-bond acceptors (Lipinski definition) is 8. The van der Waals surface area contributed by atoms with Gasteiger partial charge in [0.15, 0.2) is 9.84 Å². The van der Waals surface area contributed by atoms with Crippen LogP contribution in [0.1, 0.15) is 11.1 Å². The first kappa shape index (κ1) is 20.7. The minimum Gasteiger partial charge on any atom is -0.398 e. The smallest absolute Gasteiger partial charge is 0.288 e. The lowest BCUT2D eigenvalue weighted by molar-refractivity contribution is -0.384. The van der Waals surface area contributed by atoms with Crippen molar-refractivity contribution < 1.29 is 18.3 Å². The van der Waals surface area contributed by atoms with Crippen molar-refractivity contribution in [1.29, 1.82) is 0 Å². The van der Waals surface area contributed by atoms with Crippen LogP contribution in [0.4, 0.5) is 22.7 Å². The summed E-state index contributed by atoms with van der Waals surface area (Å²) in [6.45, 7) is 0. The van der Waals surface area contributed by atoms with Gasteiger partial charge in [0.2, 0.25) is 0 Å². The average Bonchev–Trinajstić information content (AvgIpc) is 2.54. The van der Waals surface area contributed by atoms with E-state index in [0.717, 1.165) is 12.1 Å². The number of anilines is 2. The average molecular weight is 435 g/mol. The van der Waals surface area contributed by atoms with Crippen LogP contribution in [0.2, 0.25) is 10.0 Å². The lowest BCUT2D eigenvalue weighted by atomic mass is 10.2. The molecule has 0 aliphatic heterocycles. The van der Waals surface area contributed by atoms with E-state index in [0.29, 0.717) is 0 Å². The first-order valence-electron chi connectivity index (χ1n) is 7.07. The van der Waals surface area contributed by atoms with E-state index in [1.165, 1.54) is 12.1 Å². The molecule has 13 heteroatoms. The molecule has 4 N–H and O–H groups in total. The van der Waals surface area contributed by atoms with Crippen LogP contribution >= 0.6 is 23.2 Å². The summed E-state index contributed by atoms with van der Waals surface area (Å²) in [7, 11) is -4.04. The van der Waals surface area contributed by atoms with E-state index in [2.05, 4.69) is 0 Å².